The summed E-state index contributed by atoms with van der Waals surface area (Å²) < 4.78 is 1.81. The van der Waals surface area contributed by atoms with Crippen LogP contribution in [0, 0.1) is 0 Å². The highest BCUT2D eigenvalue weighted by molar-refractivity contribution is 6.29. The van der Waals surface area contributed by atoms with E-state index in [0.717, 1.165) is 17.7 Å². The van der Waals surface area contributed by atoms with Crippen LogP contribution in [0.4, 0.5) is 0 Å². The van der Waals surface area contributed by atoms with Crippen LogP contribution in [0.25, 0.3) is 0 Å². The molecular formula is C13H16ClN3. The molecular weight excluding hydrogens is 234 g/mol. The van der Waals surface area contributed by atoms with Crippen molar-refractivity contribution in [1.82, 2.24) is 14.8 Å². The second-order valence-corrected chi connectivity index (χ2v) is 4.82. The number of halogens is 1. The van der Waals surface area contributed by atoms with Gasteiger partial charge in [0.1, 0.15) is 5.15 Å². The van der Waals surface area contributed by atoms with Gasteiger partial charge in [0.25, 0.3) is 0 Å². The summed E-state index contributed by atoms with van der Waals surface area (Å²) in [7, 11) is 1.92. The molecule has 0 bridgehead atoms. The molecule has 0 amide bonds. The standard InChI is InChI=1S/C13H16ClN3/c1-4-13(2,10-8-15-17(3)9-10)11-6-5-7-12(14)16-11/h5-9H,4H2,1-3H3. The maximum Gasteiger partial charge on any atom is 0.129 e. The maximum atomic E-state index is 5.97. The lowest BCUT2D eigenvalue weighted by atomic mass is 9.78. The van der Waals surface area contributed by atoms with Crippen molar-refractivity contribution in [3.63, 3.8) is 0 Å². The zero-order valence-corrected chi connectivity index (χ0v) is 11.1. The quantitative estimate of drug-likeness (QED) is 0.783. The number of hydrogen-bond donors (Lipinski definition) is 0. The van der Waals surface area contributed by atoms with Crippen molar-refractivity contribution in [3.8, 4) is 0 Å². The third-order valence-corrected chi connectivity index (χ3v) is 3.54. The Labute approximate surface area is 106 Å². The van der Waals surface area contributed by atoms with Crippen LogP contribution in [-0.4, -0.2) is 14.8 Å². The summed E-state index contributed by atoms with van der Waals surface area (Å²) >= 11 is 5.97. The van der Waals surface area contributed by atoms with Crippen LogP contribution >= 0.6 is 11.6 Å². The van der Waals surface area contributed by atoms with E-state index in [1.165, 1.54) is 0 Å². The second-order valence-electron chi connectivity index (χ2n) is 4.43. The van der Waals surface area contributed by atoms with E-state index in [-0.39, 0.29) is 5.41 Å². The molecule has 3 nitrogen and oxygen atoms in total. The van der Waals surface area contributed by atoms with Crippen LogP contribution in [0.15, 0.2) is 30.6 Å². The van der Waals surface area contributed by atoms with Crippen LogP contribution in [0.1, 0.15) is 31.5 Å². The summed E-state index contributed by atoms with van der Waals surface area (Å²) in [5.41, 5.74) is 2.01. The third-order valence-electron chi connectivity index (χ3n) is 3.33. The molecule has 0 saturated heterocycles. The Hall–Kier alpha value is -1.35. The van der Waals surface area contributed by atoms with Gasteiger partial charge in [-0.2, -0.15) is 5.10 Å². The van der Waals surface area contributed by atoms with Crippen LogP contribution in [0.3, 0.4) is 0 Å². The predicted molar refractivity (Wildman–Crippen MR) is 69.2 cm³/mol. The fraction of sp³-hybridized carbons (Fsp3) is 0.385. The summed E-state index contributed by atoms with van der Waals surface area (Å²) in [4.78, 5) is 4.43. The molecule has 90 valence electrons. The summed E-state index contributed by atoms with van der Waals surface area (Å²) in [6, 6.07) is 5.75. The molecule has 0 aromatic carbocycles. The predicted octanol–water partition coefficient (Wildman–Crippen LogP) is 3.18. The van der Waals surface area contributed by atoms with Gasteiger partial charge in [-0.25, -0.2) is 4.98 Å². The van der Waals surface area contributed by atoms with Crippen molar-refractivity contribution in [2.75, 3.05) is 0 Å². The number of aryl methyl sites for hydroxylation is 1. The summed E-state index contributed by atoms with van der Waals surface area (Å²) in [6.07, 6.45) is 4.88. The zero-order valence-electron chi connectivity index (χ0n) is 10.3. The molecule has 2 aromatic rings. The first kappa shape index (κ1) is 12.1. The second kappa shape index (κ2) is 4.49. The minimum Gasteiger partial charge on any atom is -0.276 e. The molecule has 2 rings (SSSR count). The summed E-state index contributed by atoms with van der Waals surface area (Å²) in [5, 5.41) is 4.77. The van der Waals surface area contributed by atoms with E-state index in [0.29, 0.717) is 5.15 Å². The molecule has 0 saturated carbocycles. The van der Waals surface area contributed by atoms with Crippen LogP contribution < -0.4 is 0 Å². The fourth-order valence-corrected chi connectivity index (χ4v) is 2.12. The first-order chi connectivity index (χ1) is 8.06. The molecule has 1 unspecified atom stereocenters. The Balaban J connectivity index is 2.51. The molecule has 1 atom stereocenters. The van der Waals surface area contributed by atoms with E-state index in [2.05, 4.69) is 23.9 Å². The van der Waals surface area contributed by atoms with E-state index >= 15 is 0 Å². The van der Waals surface area contributed by atoms with E-state index in [9.17, 15) is 0 Å². The van der Waals surface area contributed by atoms with Gasteiger partial charge in [0.2, 0.25) is 0 Å². The van der Waals surface area contributed by atoms with Crippen LogP contribution in [-0.2, 0) is 12.5 Å². The molecule has 4 heteroatoms. The smallest absolute Gasteiger partial charge is 0.129 e. The molecule has 0 aliphatic rings. The highest BCUT2D eigenvalue weighted by atomic mass is 35.5. The van der Waals surface area contributed by atoms with Gasteiger partial charge in [-0.05, 0) is 25.5 Å². The Morgan fingerprint density at radius 2 is 2.18 bits per heavy atom. The molecule has 2 aromatic heterocycles. The Bertz CT molecular complexity index is 521. The third kappa shape index (κ3) is 2.20. The number of rotatable bonds is 3. The molecule has 2 heterocycles. The fourth-order valence-electron chi connectivity index (χ4n) is 1.95. The number of aromatic nitrogens is 3. The average Bonchev–Trinajstić information content (AvgIpc) is 2.75. The monoisotopic (exact) mass is 249 g/mol. The van der Waals surface area contributed by atoms with Crippen LogP contribution in [0.2, 0.25) is 5.15 Å². The van der Waals surface area contributed by atoms with Gasteiger partial charge < -0.3 is 0 Å². The first-order valence-electron chi connectivity index (χ1n) is 5.68. The molecule has 17 heavy (non-hydrogen) atoms. The molecule has 0 radical (unpaired) electrons. The van der Waals surface area contributed by atoms with Gasteiger partial charge in [0, 0.05) is 24.2 Å². The maximum absolute atomic E-state index is 5.97. The average molecular weight is 250 g/mol. The van der Waals surface area contributed by atoms with Crippen molar-refractivity contribution < 1.29 is 0 Å². The van der Waals surface area contributed by atoms with Crippen LogP contribution in [0.5, 0.6) is 0 Å². The van der Waals surface area contributed by atoms with Crippen molar-refractivity contribution >= 4 is 11.6 Å². The molecule has 0 fully saturated rings. The van der Waals surface area contributed by atoms with E-state index in [4.69, 9.17) is 11.6 Å². The van der Waals surface area contributed by atoms with E-state index < -0.39 is 0 Å². The Kier molecular flexibility index (Phi) is 3.20. The van der Waals surface area contributed by atoms with Gasteiger partial charge in [0.15, 0.2) is 0 Å². The number of nitrogens with zero attached hydrogens (tertiary/aromatic N) is 3. The minimum absolute atomic E-state index is 0.140. The highest BCUT2D eigenvalue weighted by Gasteiger charge is 2.29. The number of hydrogen-bond acceptors (Lipinski definition) is 2. The first-order valence-corrected chi connectivity index (χ1v) is 6.06. The Morgan fingerprint density at radius 3 is 2.71 bits per heavy atom. The highest BCUT2D eigenvalue weighted by Crippen LogP contribution is 2.34. The van der Waals surface area contributed by atoms with E-state index in [1.54, 1.807) is 6.07 Å². The van der Waals surface area contributed by atoms with E-state index in [1.807, 2.05) is 36.3 Å². The Morgan fingerprint density at radius 1 is 1.41 bits per heavy atom. The van der Waals surface area contributed by atoms with Gasteiger partial charge in [-0.1, -0.05) is 24.6 Å². The van der Waals surface area contributed by atoms with Crippen molar-refractivity contribution in [3.05, 3.63) is 47.0 Å². The number of pyridine rings is 1. The van der Waals surface area contributed by atoms with Gasteiger partial charge in [0.05, 0.1) is 11.9 Å². The van der Waals surface area contributed by atoms with Crippen molar-refractivity contribution in [2.24, 2.45) is 7.05 Å². The van der Waals surface area contributed by atoms with Crippen molar-refractivity contribution in [2.45, 2.75) is 25.7 Å². The lowest BCUT2D eigenvalue weighted by Gasteiger charge is -2.26. The summed E-state index contributed by atoms with van der Waals surface area (Å²) in [5.74, 6) is 0. The molecule has 0 N–H and O–H groups in total. The SMILES string of the molecule is CCC(C)(c1cnn(C)c1)c1cccc(Cl)n1. The molecule has 0 aliphatic carbocycles. The lowest BCUT2D eigenvalue weighted by molar-refractivity contribution is 0.532. The topological polar surface area (TPSA) is 30.7 Å². The lowest BCUT2D eigenvalue weighted by Crippen LogP contribution is -2.23. The van der Waals surface area contributed by atoms with Gasteiger partial charge in [-0.15, -0.1) is 0 Å². The molecule has 0 spiro atoms. The van der Waals surface area contributed by atoms with Gasteiger partial charge in [-0.3, -0.25) is 4.68 Å². The normalized spacial score (nSPS) is 14.6. The molecule has 0 aliphatic heterocycles. The minimum atomic E-state index is -0.140. The zero-order chi connectivity index (χ0) is 12.5. The van der Waals surface area contributed by atoms with Crippen molar-refractivity contribution in [1.29, 1.82) is 0 Å². The largest absolute Gasteiger partial charge is 0.276 e. The summed E-state index contributed by atoms with van der Waals surface area (Å²) in [6.45, 7) is 4.32. The van der Waals surface area contributed by atoms with Gasteiger partial charge >= 0.3 is 0 Å².